The molecule has 8 heteroatoms. The maximum Gasteiger partial charge on any atom is 0.338 e. The van der Waals surface area contributed by atoms with E-state index in [9.17, 15) is 9.59 Å². The Balaban J connectivity index is 1.36. The predicted molar refractivity (Wildman–Crippen MR) is 177 cm³/mol. The molecule has 1 atom stereocenters. The standard InChI is InChI=1S/C37H34N2O5S/c1-5-42-29-18-16-27(17-19-29)34-33(36(41)44-23(2)3)24(4)38-37-39(34)35(40)32(45-37)21-25-10-8-14-30(20-25)43-22-28-13-9-12-26-11-6-7-15-31(26)28/h6-21,23,34H,5,22H2,1-4H3/b32-21+/t34-/m0/s1. The molecule has 5 aromatic rings. The van der Waals surface area contributed by atoms with Gasteiger partial charge in [-0.1, -0.05) is 78.1 Å². The summed E-state index contributed by atoms with van der Waals surface area (Å²) < 4.78 is 19.5. The molecule has 0 saturated heterocycles. The van der Waals surface area contributed by atoms with Gasteiger partial charge in [0.05, 0.1) is 34.6 Å². The van der Waals surface area contributed by atoms with Crippen LogP contribution in [0.15, 0.2) is 112 Å². The summed E-state index contributed by atoms with van der Waals surface area (Å²) in [5.74, 6) is 0.921. The van der Waals surface area contributed by atoms with E-state index in [2.05, 4.69) is 24.3 Å². The summed E-state index contributed by atoms with van der Waals surface area (Å²) in [6, 6.07) is 28.9. The van der Waals surface area contributed by atoms with E-state index in [1.807, 2.05) is 79.7 Å². The molecule has 0 fully saturated rings. The van der Waals surface area contributed by atoms with Crippen molar-refractivity contribution in [3.05, 3.63) is 139 Å². The van der Waals surface area contributed by atoms with Crippen molar-refractivity contribution in [1.29, 1.82) is 0 Å². The summed E-state index contributed by atoms with van der Waals surface area (Å²) in [5, 5.41) is 2.33. The highest BCUT2D eigenvalue weighted by molar-refractivity contribution is 7.07. The third-order valence-electron chi connectivity index (χ3n) is 7.52. The quantitative estimate of drug-likeness (QED) is 0.181. The average molecular weight is 619 g/mol. The number of nitrogens with zero attached hydrogens (tertiary/aromatic N) is 2. The van der Waals surface area contributed by atoms with Gasteiger partial charge in [-0.15, -0.1) is 0 Å². The zero-order chi connectivity index (χ0) is 31.5. The number of hydrogen-bond donors (Lipinski definition) is 0. The molecular weight excluding hydrogens is 584 g/mol. The molecule has 0 bridgehead atoms. The van der Waals surface area contributed by atoms with E-state index >= 15 is 0 Å². The lowest BCUT2D eigenvalue weighted by atomic mass is 9.96. The minimum Gasteiger partial charge on any atom is -0.494 e. The molecule has 1 aliphatic rings. The Kier molecular flexibility index (Phi) is 8.67. The van der Waals surface area contributed by atoms with Crippen molar-refractivity contribution in [2.75, 3.05) is 6.61 Å². The van der Waals surface area contributed by atoms with Crippen LogP contribution in [0.1, 0.15) is 50.4 Å². The van der Waals surface area contributed by atoms with Gasteiger partial charge in [0.1, 0.15) is 18.1 Å². The van der Waals surface area contributed by atoms with Gasteiger partial charge in [0, 0.05) is 0 Å². The highest BCUT2D eigenvalue weighted by Crippen LogP contribution is 2.32. The molecule has 2 heterocycles. The molecule has 4 aromatic carbocycles. The maximum atomic E-state index is 14.0. The molecule has 0 unspecified atom stereocenters. The van der Waals surface area contributed by atoms with Crippen LogP contribution in [0.3, 0.4) is 0 Å². The lowest BCUT2D eigenvalue weighted by Gasteiger charge is -2.25. The zero-order valence-corrected chi connectivity index (χ0v) is 26.5. The number of carbonyl (C=O) groups is 1. The summed E-state index contributed by atoms with van der Waals surface area (Å²) in [5.41, 5.74) is 3.32. The molecule has 0 spiro atoms. The van der Waals surface area contributed by atoms with Crippen LogP contribution in [0, 0.1) is 0 Å². The van der Waals surface area contributed by atoms with Crippen molar-refractivity contribution in [3.63, 3.8) is 0 Å². The van der Waals surface area contributed by atoms with Crippen LogP contribution < -0.4 is 24.4 Å². The van der Waals surface area contributed by atoms with Gasteiger partial charge in [-0.3, -0.25) is 9.36 Å². The molecule has 6 rings (SSSR count). The van der Waals surface area contributed by atoms with E-state index in [0.717, 1.165) is 22.1 Å². The molecule has 45 heavy (non-hydrogen) atoms. The number of benzene rings is 4. The minimum absolute atomic E-state index is 0.234. The van der Waals surface area contributed by atoms with Crippen LogP contribution in [0.25, 0.3) is 16.8 Å². The number of allylic oxidation sites excluding steroid dienone is 1. The second-order valence-corrected chi connectivity index (χ2v) is 12.0. The maximum absolute atomic E-state index is 14.0. The number of hydrogen-bond acceptors (Lipinski definition) is 7. The fourth-order valence-electron chi connectivity index (χ4n) is 5.51. The number of fused-ring (bicyclic) bond motifs is 2. The highest BCUT2D eigenvalue weighted by Gasteiger charge is 2.33. The van der Waals surface area contributed by atoms with Crippen LogP contribution in [-0.2, 0) is 16.1 Å². The van der Waals surface area contributed by atoms with E-state index in [-0.39, 0.29) is 11.7 Å². The monoisotopic (exact) mass is 618 g/mol. The van der Waals surface area contributed by atoms with Crippen LogP contribution in [0.5, 0.6) is 11.5 Å². The fraction of sp³-hybridized carbons (Fsp3) is 0.216. The average Bonchev–Trinajstić information content (AvgIpc) is 3.33. The lowest BCUT2D eigenvalue weighted by Crippen LogP contribution is -2.40. The van der Waals surface area contributed by atoms with Crippen molar-refractivity contribution in [3.8, 4) is 11.5 Å². The summed E-state index contributed by atoms with van der Waals surface area (Å²) in [6.45, 7) is 8.26. The molecule has 1 aliphatic heterocycles. The molecule has 0 amide bonds. The summed E-state index contributed by atoms with van der Waals surface area (Å²) in [7, 11) is 0. The van der Waals surface area contributed by atoms with Gasteiger partial charge in [0.25, 0.3) is 5.56 Å². The molecule has 0 radical (unpaired) electrons. The van der Waals surface area contributed by atoms with Crippen molar-refractivity contribution in [2.45, 2.75) is 46.4 Å². The third-order valence-corrected chi connectivity index (χ3v) is 8.50. The van der Waals surface area contributed by atoms with Crippen LogP contribution in [-0.4, -0.2) is 23.2 Å². The van der Waals surface area contributed by atoms with Gasteiger partial charge in [-0.25, -0.2) is 9.79 Å². The first-order valence-corrected chi connectivity index (χ1v) is 15.8. The largest absolute Gasteiger partial charge is 0.494 e. The number of ether oxygens (including phenoxy) is 3. The van der Waals surface area contributed by atoms with E-state index in [4.69, 9.17) is 19.2 Å². The second-order valence-electron chi connectivity index (χ2n) is 11.0. The first kappa shape index (κ1) is 30.1. The van der Waals surface area contributed by atoms with Gasteiger partial charge >= 0.3 is 5.97 Å². The molecule has 7 nitrogen and oxygen atoms in total. The zero-order valence-electron chi connectivity index (χ0n) is 25.7. The van der Waals surface area contributed by atoms with E-state index in [1.165, 1.54) is 16.7 Å². The number of aromatic nitrogens is 1. The minimum atomic E-state index is -0.694. The Labute approximate surface area is 265 Å². The Morgan fingerprint density at radius 2 is 1.71 bits per heavy atom. The molecular formula is C37H34N2O5S. The van der Waals surface area contributed by atoms with Gasteiger partial charge in [-0.2, -0.15) is 0 Å². The van der Waals surface area contributed by atoms with Gasteiger partial charge in [0.15, 0.2) is 4.80 Å². The molecule has 0 N–H and O–H groups in total. The summed E-state index contributed by atoms with van der Waals surface area (Å²) in [4.78, 5) is 32.6. The van der Waals surface area contributed by atoms with Gasteiger partial charge in [0.2, 0.25) is 0 Å². The summed E-state index contributed by atoms with van der Waals surface area (Å²) >= 11 is 1.29. The molecule has 0 saturated carbocycles. The predicted octanol–water partition coefficient (Wildman–Crippen LogP) is 6.32. The molecule has 228 valence electrons. The van der Waals surface area contributed by atoms with E-state index in [0.29, 0.717) is 45.3 Å². The Morgan fingerprint density at radius 3 is 2.49 bits per heavy atom. The number of thiazole rings is 1. The van der Waals surface area contributed by atoms with Crippen molar-refractivity contribution < 1.29 is 19.0 Å². The molecule has 1 aromatic heterocycles. The number of esters is 1. The highest BCUT2D eigenvalue weighted by atomic mass is 32.1. The van der Waals surface area contributed by atoms with Crippen LogP contribution in [0.2, 0.25) is 0 Å². The lowest BCUT2D eigenvalue weighted by molar-refractivity contribution is -0.143. The summed E-state index contributed by atoms with van der Waals surface area (Å²) in [6.07, 6.45) is 1.52. The van der Waals surface area contributed by atoms with Crippen LogP contribution in [0.4, 0.5) is 0 Å². The van der Waals surface area contributed by atoms with Crippen molar-refractivity contribution >= 4 is 34.2 Å². The number of carbonyl (C=O) groups excluding carboxylic acids is 1. The molecule has 0 aliphatic carbocycles. The smallest absolute Gasteiger partial charge is 0.338 e. The van der Waals surface area contributed by atoms with Crippen LogP contribution >= 0.6 is 11.3 Å². The first-order valence-electron chi connectivity index (χ1n) is 15.0. The van der Waals surface area contributed by atoms with E-state index < -0.39 is 12.0 Å². The van der Waals surface area contributed by atoms with Crippen molar-refractivity contribution in [1.82, 2.24) is 4.57 Å². The Hall–Kier alpha value is -4.95. The second kappa shape index (κ2) is 13.0. The van der Waals surface area contributed by atoms with E-state index in [1.54, 1.807) is 25.3 Å². The Morgan fingerprint density at radius 1 is 0.956 bits per heavy atom. The Bertz CT molecular complexity index is 2080. The fourth-order valence-corrected chi connectivity index (χ4v) is 6.56. The normalized spacial score (nSPS) is 14.8. The van der Waals surface area contributed by atoms with Gasteiger partial charge < -0.3 is 14.2 Å². The third kappa shape index (κ3) is 6.33. The SMILES string of the molecule is CCOc1ccc([C@H]2C(C(=O)OC(C)C)=C(C)N=c3s/c(=C/c4cccc(OCc5cccc6ccccc56)c4)c(=O)n32)cc1. The van der Waals surface area contributed by atoms with Gasteiger partial charge in [-0.05, 0) is 85.5 Å². The first-order chi connectivity index (χ1) is 21.8. The van der Waals surface area contributed by atoms with Crippen molar-refractivity contribution in [2.24, 2.45) is 4.99 Å². The number of rotatable bonds is 9. The topological polar surface area (TPSA) is 79.1 Å².